The Hall–Kier alpha value is -0.160. The number of halogens is 5. The molecular formula is C11H15Cl2F3O2. The lowest BCUT2D eigenvalue weighted by Gasteiger charge is -2.23. The molecule has 0 amide bonds. The van der Waals surface area contributed by atoms with E-state index in [0.717, 1.165) is 0 Å². The average Bonchev–Trinajstić information content (AvgIpc) is 2.65. The van der Waals surface area contributed by atoms with Gasteiger partial charge in [-0.2, -0.15) is 13.2 Å². The van der Waals surface area contributed by atoms with E-state index in [9.17, 15) is 18.0 Å². The maximum Gasteiger partial charge on any atom is 0.421 e. The Bertz CT molecular complexity index is 340. The van der Waals surface area contributed by atoms with Crippen LogP contribution in [0.5, 0.6) is 0 Å². The Morgan fingerprint density at radius 3 is 2.22 bits per heavy atom. The Morgan fingerprint density at radius 2 is 1.83 bits per heavy atom. The summed E-state index contributed by atoms with van der Waals surface area (Å²) in [6.07, 6.45) is -5.22. The number of hydrogen-bond donors (Lipinski definition) is 0. The minimum absolute atomic E-state index is 0.199. The molecular weight excluding hydrogens is 292 g/mol. The van der Waals surface area contributed by atoms with Crippen LogP contribution in [0.25, 0.3) is 0 Å². The number of carbonyl (C=O) groups is 1. The van der Waals surface area contributed by atoms with Crippen LogP contribution in [0.3, 0.4) is 0 Å². The first kappa shape index (κ1) is 15.9. The molecule has 0 aromatic rings. The zero-order valence-electron chi connectivity index (χ0n) is 10.3. The largest absolute Gasteiger partial charge is 0.466 e. The quantitative estimate of drug-likeness (QED) is 0.581. The standard InChI is InChI=1S/C11H15Cl2F3O2/c1-4-18-8(17)7-6(9(7,2)3)5-10(12,13)11(14,15)16/h6-7H,4-5H2,1-3H3/t6-,7-/m1/s1. The molecule has 1 aliphatic rings. The third-order valence-electron chi connectivity index (χ3n) is 3.48. The van der Waals surface area contributed by atoms with Crippen LogP contribution >= 0.6 is 23.2 Å². The van der Waals surface area contributed by atoms with Crippen LogP contribution in [0.1, 0.15) is 27.2 Å². The highest BCUT2D eigenvalue weighted by molar-refractivity contribution is 6.49. The van der Waals surface area contributed by atoms with E-state index >= 15 is 0 Å². The van der Waals surface area contributed by atoms with E-state index in [-0.39, 0.29) is 6.61 Å². The summed E-state index contributed by atoms with van der Waals surface area (Å²) >= 11 is 10.6. The molecule has 0 spiro atoms. The molecule has 0 heterocycles. The zero-order chi connectivity index (χ0) is 14.4. The number of esters is 1. The van der Waals surface area contributed by atoms with Gasteiger partial charge in [0.15, 0.2) is 0 Å². The molecule has 0 saturated heterocycles. The van der Waals surface area contributed by atoms with Crippen LogP contribution < -0.4 is 0 Å². The van der Waals surface area contributed by atoms with Gasteiger partial charge in [0.05, 0.1) is 12.5 Å². The van der Waals surface area contributed by atoms with Gasteiger partial charge in [0.25, 0.3) is 0 Å². The highest BCUT2D eigenvalue weighted by Crippen LogP contribution is 2.64. The van der Waals surface area contributed by atoms with Gasteiger partial charge in [-0.1, -0.05) is 37.0 Å². The molecule has 106 valence electrons. The summed E-state index contributed by atoms with van der Waals surface area (Å²) in [6, 6.07) is 0. The molecule has 0 aromatic carbocycles. The summed E-state index contributed by atoms with van der Waals surface area (Å²) in [4.78, 5) is 11.6. The van der Waals surface area contributed by atoms with Gasteiger partial charge >= 0.3 is 12.1 Å². The predicted molar refractivity (Wildman–Crippen MR) is 62.5 cm³/mol. The molecule has 0 aromatic heterocycles. The second-order valence-corrected chi connectivity index (χ2v) is 6.55. The summed E-state index contributed by atoms with van der Waals surface area (Å²) in [7, 11) is 0. The number of rotatable bonds is 4. The van der Waals surface area contributed by atoms with Gasteiger partial charge < -0.3 is 4.74 Å². The van der Waals surface area contributed by atoms with Crippen LogP contribution in [-0.4, -0.2) is 23.1 Å². The fourth-order valence-electron chi connectivity index (χ4n) is 2.22. The van der Waals surface area contributed by atoms with Gasteiger partial charge in [0.2, 0.25) is 4.33 Å². The Kier molecular flexibility index (Phi) is 4.19. The van der Waals surface area contributed by atoms with E-state index in [0.29, 0.717) is 0 Å². The van der Waals surface area contributed by atoms with E-state index in [1.54, 1.807) is 20.8 Å². The highest BCUT2D eigenvalue weighted by atomic mass is 35.5. The molecule has 1 fully saturated rings. The Labute approximate surface area is 114 Å². The monoisotopic (exact) mass is 306 g/mol. The van der Waals surface area contributed by atoms with Crippen LogP contribution in [0.15, 0.2) is 0 Å². The normalized spacial score (nSPS) is 26.9. The minimum atomic E-state index is -4.71. The zero-order valence-corrected chi connectivity index (χ0v) is 11.8. The first-order chi connectivity index (χ1) is 7.95. The number of alkyl halides is 5. The summed E-state index contributed by atoms with van der Waals surface area (Å²) < 4.78 is 39.7. The van der Waals surface area contributed by atoms with Gasteiger partial charge in [0.1, 0.15) is 0 Å². The third-order valence-corrected chi connectivity index (χ3v) is 4.22. The molecule has 1 aliphatic carbocycles. The lowest BCUT2D eigenvalue weighted by atomic mass is 10.1. The lowest BCUT2D eigenvalue weighted by molar-refractivity contribution is -0.148. The van der Waals surface area contributed by atoms with Gasteiger partial charge in [-0.05, 0) is 24.7 Å². The van der Waals surface area contributed by atoms with Crippen molar-refractivity contribution >= 4 is 29.2 Å². The molecule has 0 bridgehead atoms. The van der Waals surface area contributed by atoms with Crippen molar-refractivity contribution in [2.24, 2.45) is 17.3 Å². The van der Waals surface area contributed by atoms with Crippen LogP contribution in [0.2, 0.25) is 0 Å². The third kappa shape index (κ3) is 2.87. The van der Waals surface area contributed by atoms with Crippen molar-refractivity contribution in [1.29, 1.82) is 0 Å². The van der Waals surface area contributed by atoms with E-state index in [4.69, 9.17) is 27.9 Å². The van der Waals surface area contributed by atoms with Crippen LogP contribution in [0.4, 0.5) is 13.2 Å². The highest BCUT2D eigenvalue weighted by Gasteiger charge is 2.67. The Balaban J connectivity index is 2.73. The molecule has 2 atom stereocenters. The minimum Gasteiger partial charge on any atom is -0.466 e. The fourth-order valence-corrected chi connectivity index (χ4v) is 2.55. The molecule has 0 unspecified atom stereocenters. The van der Waals surface area contributed by atoms with E-state index in [2.05, 4.69) is 0 Å². The van der Waals surface area contributed by atoms with Gasteiger partial charge in [-0.15, -0.1) is 0 Å². The smallest absolute Gasteiger partial charge is 0.421 e. The van der Waals surface area contributed by atoms with Crippen LogP contribution in [0, 0.1) is 17.3 Å². The molecule has 0 radical (unpaired) electrons. The van der Waals surface area contributed by atoms with Crippen molar-refractivity contribution in [3.8, 4) is 0 Å². The molecule has 2 nitrogen and oxygen atoms in total. The maximum atomic E-state index is 12.6. The van der Waals surface area contributed by atoms with E-state index in [1.807, 2.05) is 0 Å². The number of hydrogen-bond acceptors (Lipinski definition) is 2. The second-order valence-electron chi connectivity index (χ2n) is 5.06. The fraction of sp³-hybridized carbons (Fsp3) is 0.909. The number of ether oxygens (including phenoxy) is 1. The van der Waals surface area contributed by atoms with Crippen molar-refractivity contribution in [3.05, 3.63) is 0 Å². The predicted octanol–water partition coefficient (Wildman–Crippen LogP) is 3.95. The van der Waals surface area contributed by atoms with Crippen molar-refractivity contribution in [3.63, 3.8) is 0 Å². The average molecular weight is 307 g/mol. The summed E-state index contributed by atoms with van der Waals surface area (Å²) in [5.41, 5.74) is -0.563. The molecule has 7 heteroatoms. The van der Waals surface area contributed by atoms with E-state index < -0.39 is 40.2 Å². The van der Waals surface area contributed by atoms with Crippen LogP contribution in [-0.2, 0) is 9.53 Å². The molecule has 1 rings (SSSR count). The Morgan fingerprint density at radius 1 is 1.33 bits per heavy atom. The maximum absolute atomic E-state index is 12.6. The number of carbonyl (C=O) groups excluding carboxylic acids is 1. The molecule has 18 heavy (non-hydrogen) atoms. The SMILES string of the molecule is CCOC(=O)[C@H]1[C@@H](CC(Cl)(Cl)C(F)(F)F)C1(C)C. The van der Waals surface area contributed by atoms with Gasteiger partial charge in [-0.3, -0.25) is 4.79 Å². The summed E-state index contributed by atoms with van der Waals surface area (Å²) in [6.45, 7) is 5.26. The van der Waals surface area contributed by atoms with Gasteiger partial charge in [0, 0.05) is 0 Å². The van der Waals surface area contributed by atoms with Crippen molar-refractivity contribution in [2.45, 2.75) is 37.7 Å². The molecule has 0 aliphatic heterocycles. The summed E-state index contributed by atoms with van der Waals surface area (Å²) in [5, 5.41) is 0. The van der Waals surface area contributed by atoms with Crippen molar-refractivity contribution < 1.29 is 22.7 Å². The molecule has 1 saturated carbocycles. The lowest BCUT2D eigenvalue weighted by Crippen LogP contribution is -2.35. The topological polar surface area (TPSA) is 26.3 Å². The van der Waals surface area contributed by atoms with Gasteiger partial charge in [-0.25, -0.2) is 0 Å². The first-order valence-electron chi connectivity index (χ1n) is 5.56. The van der Waals surface area contributed by atoms with E-state index in [1.165, 1.54) is 0 Å². The van der Waals surface area contributed by atoms with Crippen molar-refractivity contribution in [1.82, 2.24) is 0 Å². The van der Waals surface area contributed by atoms with Crippen molar-refractivity contribution in [2.75, 3.05) is 6.61 Å². The first-order valence-corrected chi connectivity index (χ1v) is 6.32. The second kappa shape index (κ2) is 4.75. The summed E-state index contributed by atoms with van der Waals surface area (Å²) in [5.74, 6) is -1.58. The molecule has 0 N–H and O–H groups in total.